The third kappa shape index (κ3) is 6.23. The lowest BCUT2D eigenvalue weighted by atomic mass is 10.3. The molecule has 0 heterocycles. The first-order valence-corrected chi connectivity index (χ1v) is 8.96. The summed E-state index contributed by atoms with van der Waals surface area (Å²) in [7, 11) is 1.54. The van der Waals surface area contributed by atoms with Crippen molar-refractivity contribution in [1.29, 1.82) is 0 Å². The molecule has 2 rings (SSSR count). The van der Waals surface area contributed by atoms with E-state index in [1.54, 1.807) is 31.3 Å². The Kier molecular flexibility index (Phi) is 7.11. The minimum atomic E-state index is -0.346. The highest BCUT2D eigenvalue weighted by Crippen LogP contribution is 2.25. The fourth-order valence-corrected chi connectivity index (χ4v) is 3.00. The summed E-state index contributed by atoms with van der Waals surface area (Å²) in [5.41, 5.74) is 0.501. The molecule has 132 valence electrons. The van der Waals surface area contributed by atoms with Gasteiger partial charge in [0.1, 0.15) is 5.82 Å². The van der Waals surface area contributed by atoms with Crippen molar-refractivity contribution in [3.63, 3.8) is 0 Å². The fraction of sp³-hybridized carbons (Fsp3) is 0.176. The lowest BCUT2D eigenvalue weighted by molar-refractivity contribution is -0.131. The van der Waals surface area contributed by atoms with Gasteiger partial charge >= 0.3 is 0 Å². The van der Waals surface area contributed by atoms with Crippen molar-refractivity contribution in [2.24, 2.45) is 0 Å². The van der Waals surface area contributed by atoms with E-state index in [9.17, 15) is 14.0 Å². The van der Waals surface area contributed by atoms with Crippen LogP contribution in [0.2, 0.25) is 10.0 Å². The molecule has 25 heavy (non-hydrogen) atoms. The van der Waals surface area contributed by atoms with Crippen LogP contribution in [0.15, 0.2) is 47.4 Å². The Bertz CT molecular complexity index is 772. The Labute approximate surface area is 159 Å². The van der Waals surface area contributed by atoms with E-state index in [1.807, 2.05) is 0 Å². The number of hydrogen-bond donors (Lipinski definition) is 1. The molecule has 2 aromatic rings. The molecule has 4 nitrogen and oxygen atoms in total. The van der Waals surface area contributed by atoms with Crippen LogP contribution in [0.5, 0.6) is 0 Å². The summed E-state index contributed by atoms with van der Waals surface area (Å²) in [6.07, 6.45) is 0. The molecule has 2 amide bonds. The number of hydrogen-bond acceptors (Lipinski definition) is 3. The number of nitrogens with zero attached hydrogens (tertiary/aromatic N) is 1. The lowest BCUT2D eigenvalue weighted by Crippen LogP contribution is -2.35. The zero-order valence-electron chi connectivity index (χ0n) is 13.3. The Morgan fingerprint density at radius 1 is 1.12 bits per heavy atom. The number of anilines is 1. The van der Waals surface area contributed by atoms with Crippen LogP contribution in [-0.2, 0) is 9.59 Å². The summed E-state index contributed by atoms with van der Waals surface area (Å²) >= 11 is 13.0. The van der Waals surface area contributed by atoms with Gasteiger partial charge in [0, 0.05) is 17.6 Å². The maximum Gasteiger partial charge on any atom is 0.243 e. The molecular formula is C17H15Cl2FN2O2S. The molecule has 8 heteroatoms. The number of halogens is 3. The summed E-state index contributed by atoms with van der Waals surface area (Å²) in [6, 6.07) is 10.6. The second-order valence-electron chi connectivity index (χ2n) is 5.17. The van der Waals surface area contributed by atoms with Gasteiger partial charge in [-0.1, -0.05) is 23.2 Å². The standard InChI is InChI=1S/C17H15Cl2FN2O2S/c1-22(17(24)10-25-13-5-2-11(20)3-6-13)9-16(23)21-12-4-7-14(18)15(19)8-12/h2-8H,9-10H2,1H3,(H,21,23). The van der Waals surface area contributed by atoms with Gasteiger partial charge in [0.05, 0.1) is 22.3 Å². The summed E-state index contributed by atoms with van der Waals surface area (Å²) in [5.74, 6) is -0.728. The van der Waals surface area contributed by atoms with E-state index in [0.29, 0.717) is 15.7 Å². The van der Waals surface area contributed by atoms with E-state index in [-0.39, 0.29) is 29.9 Å². The molecule has 0 saturated carbocycles. The van der Waals surface area contributed by atoms with Gasteiger partial charge in [-0.05, 0) is 42.5 Å². The van der Waals surface area contributed by atoms with Crippen molar-refractivity contribution < 1.29 is 14.0 Å². The number of nitrogens with one attached hydrogen (secondary N) is 1. The van der Waals surface area contributed by atoms with Crippen LogP contribution < -0.4 is 5.32 Å². The molecule has 0 radical (unpaired) electrons. The van der Waals surface area contributed by atoms with E-state index in [0.717, 1.165) is 4.90 Å². The molecule has 1 N–H and O–H groups in total. The van der Waals surface area contributed by atoms with E-state index in [2.05, 4.69) is 5.32 Å². The molecule has 0 aliphatic heterocycles. The summed E-state index contributed by atoms with van der Waals surface area (Å²) < 4.78 is 12.8. The minimum Gasteiger partial charge on any atom is -0.336 e. The van der Waals surface area contributed by atoms with Crippen molar-refractivity contribution >= 4 is 52.5 Å². The number of amides is 2. The predicted molar refractivity (Wildman–Crippen MR) is 99.9 cm³/mol. The van der Waals surface area contributed by atoms with Crippen molar-refractivity contribution in [3.05, 3.63) is 58.3 Å². The van der Waals surface area contributed by atoms with Gasteiger partial charge in [-0.2, -0.15) is 0 Å². The van der Waals surface area contributed by atoms with E-state index in [1.165, 1.54) is 34.9 Å². The van der Waals surface area contributed by atoms with Crippen molar-refractivity contribution in [3.8, 4) is 0 Å². The molecule has 0 fully saturated rings. The highest BCUT2D eigenvalue weighted by molar-refractivity contribution is 8.00. The number of carbonyl (C=O) groups excluding carboxylic acids is 2. The van der Waals surface area contributed by atoms with Gasteiger partial charge in [0.25, 0.3) is 0 Å². The highest BCUT2D eigenvalue weighted by atomic mass is 35.5. The average Bonchev–Trinajstić information content (AvgIpc) is 2.57. The maximum absolute atomic E-state index is 12.8. The van der Waals surface area contributed by atoms with E-state index >= 15 is 0 Å². The average molecular weight is 401 g/mol. The van der Waals surface area contributed by atoms with Gasteiger partial charge in [-0.3, -0.25) is 9.59 Å². The Balaban J connectivity index is 1.82. The third-order valence-corrected chi connectivity index (χ3v) is 4.92. The molecule has 0 unspecified atom stereocenters. The summed E-state index contributed by atoms with van der Waals surface area (Å²) in [4.78, 5) is 26.2. The first-order valence-electron chi connectivity index (χ1n) is 7.22. The Morgan fingerprint density at radius 2 is 1.80 bits per heavy atom. The third-order valence-electron chi connectivity index (χ3n) is 3.19. The number of carbonyl (C=O) groups is 2. The fourth-order valence-electron chi connectivity index (χ4n) is 1.86. The van der Waals surface area contributed by atoms with Gasteiger partial charge in [-0.15, -0.1) is 11.8 Å². The SMILES string of the molecule is CN(CC(=O)Nc1ccc(Cl)c(Cl)c1)C(=O)CSc1ccc(F)cc1. The molecular weight excluding hydrogens is 386 g/mol. The second kappa shape index (κ2) is 9.08. The van der Waals surface area contributed by atoms with Gasteiger partial charge in [0.15, 0.2) is 0 Å². The smallest absolute Gasteiger partial charge is 0.243 e. The molecule has 0 saturated heterocycles. The van der Waals surface area contributed by atoms with Crippen LogP contribution in [0.1, 0.15) is 0 Å². The van der Waals surface area contributed by atoms with E-state index in [4.69, 9.17) is 23.2 Å². The van der Waals surface area contributed by atoms with E-state index < -0.39 is 0 Å². The largest absolute Gasteiger partial charge is 0.336 e. The highest BCUT2D eigenvalue weighted by Gasteiger charge is 2.14. The quantitative estimate of drug-likeness (QED) is 0.734. The maximum atomic E-state index is 12.8. The molecule has 0 aliphatic carbocycles. The molecule has 0 atom stereocenters. The molecule has 0 spiro atoms. The summed E-state index contributed by atoms with van der Waals surface area (Å²) in [6.45, 7) is -0.0942. The van der Waals surface area contributed by atoms with Gasteiger partial charge < -0.3 is 10.2 Å². The predicted octanol–water partition coefficient (Wildman–Crippen LogP) is 4.32. The van der Waals surface area contributed by atoms with Crippen LogP contribution in [0.3, 0.4) is 0 Å². The monoisotopic (exact) mass is 400 g/mol. The number of benzene rings is 2. The Hall–Kier alpha value is -1.76. The van der Waals surface area contributed by atoms with Crippen LogP contribution in [0.4, 0.5) is 10.1 Å². The molecule has 2 aromatic carbocycles. The first-order chi connectivity index (χ1) is 11.8. The normalized spacial score (nSPS) is 10.4. The molecule has 0 aliphatic rings. The number of thioether (sulfide) groups is 1. The van der Waals surface area contributed by atoms with Crippen LogP contribution in [-0.4, -0.2) is 36.1 Å². The van der Waals surface area contributed by atoms with Crippen molar-refractivity contribution in [2.45, 2.75) is 4.90 Å². The van der Waals surface area contributed by atoms with Crippen LogP contribution >= 0.6 is 35.0 Å². The lowest BCUT2D eigenvalue weighted by Gasteiger charge is -2.16. The van der Waals surface area contributed by atoms with Gasteiger partial charge in [-0.25, -0.2) is 4.39 Å². The number of likely N-dealkylation sites (N-methyl/N-ethyl adjacent to an activating group) is 1. The first kappa shape index (κ1) is 19.6. The van der Waals surface area contributed by atoms with Crippen molar-refractivity contribution in [1.82, 2.24) is 4.90 Å². The zero-order valence-corrected chi connectivity index (χ0v) is 15.6. The topological polar surface area (TPSA) is 49.4 Å². The summed E-state index contributed by atoms with van der Waals surface area (Å²) in [5, 5.41) is 3.38. The van der Waals surface area contributed by atoms with Crippen molar-refractivity contribution in [2.75, 3.05) is 24.7 Å². The molecule has 0 bridgehead atoms. The van der Waals surface area contributed by atoms with Gasteiger partial charge in [0.2, 0.25) is 11.8 Å². The minimum absolute atomic E-state index is 0.0942. The van der Waals surface area contributed by atoms with Crippen LogP contribution in [0.25, 0.3) is 0 Å². The second-order valence-corrected chi connectivity index (χ2v) is 7.03. The number of rotatable bonds is 6. The molecule has 0 aromatic heterocycles. The van der Waals surface area contributed by atoms with Crippen LogP contribution in [0, 0.1) is 5.82 Å². The zero-order chi connectivity index (χ0) is 18.4. The Morgan fingerprint density at radius 3 is 2.44 bits per heavy atom.